The van der Waals surface area contributed by atoms with Crippen molar-refractivity contribution < 1.29 is 18.9 Å². The molecule has 0 N–H and O–H groups in total. The maximum atomic E-state index is 5.58. The van der Waals surface area contributed by atoms with Gasteiger partial charge < -0.3 is 18.9 Å². The van der Waals surface area contributed by atoms with Gasteiger partial charge in [0, 0.05) is 0 Å². The maximum absolute atomic E-state index is 5.58. The van der Waals surface area contributed by atoms with Gasteiger partial charge in [-0.25, -0.2) is 0 Å². The van der Waals surface area contributed by atoms with E-state index in [0.717, 1.165) is 45.3 Å². The van der Waals surface area contributed by atoms with Gasteiger partial charge in [-0.15, -0.1) is 0 Å². The topological polar surface area (TPSA) is 36.9 Å². The van der Waals surface area contributed by atoms with Gasteiger partial charge in [-0.2, -0.15) is 0 Å². The lowest BCUT2D eigenvalue weighted by atomic mass is 9.75. The quantitative estimate of drug-likeness (QED) is 0.150. The van der Waals surface area contributed by atoms with Gasteiger partial charge in [0.15, 0.2) is 0 Å². The fraction of sp³-hybridized carbons (Fsp3) is 0.167. The molecule has 0 radical (unpaired) electrons. The van der Waals surface area contributed by atoms with Crippen molar-refractivity contribution in [2.75, 3.05) is 28.4 Å². The molecule has 0 amide bonds. The number of methoxy groups -OCH3 is 4. The molecule has 0 fully saturated rings. The lowest BCUT2D eigenvalue weighted by molar-refractivity contribution is 0.415. The van der Waals surface area contributed by atoms with E-state index < -0.39 is 0 Å². The summed E-state index contributed by atoms with van der Waals surface area (Å²) in [6.07, 6.45) is 0. The number of rotatable bonds is 8. The Morgan fingerprint density at radius 1 is 0.346 bits per heavy atom. The lowest BCUT2D eigenvalue weighted by Crippen LogP contribution is -2.13. The normalized spacial score (nSPS) is 11.8. The van der Waals surface area contributed by atoms with Crippen molar-refractivity contribution in [2.45, 2.75) is 26.2 Å². The third-order valence-corrected chi connectivity index (χ3v) is 10.4. The molecule has 258 valence electrons. The van der Waals surface area contributed by atoms with Crippen molar-refractivity contribution in [3.05, 3.63) is 133 Å². The Hall–Kier alpha value is -6.00. The molecular weight excluding hydrogens is 641 g/mol. The summed E-state index contributed by atoms with van der Waals surface area (Å²) in [5, 5.41) is 7.37. The first-order valence-corrected chi connectivity index (χ1v) is 17.6. The van der Waals surface area contributed by atoms with Gasteiger partial charge in [-0.05, 0) is 155 Å². The first-order valence-electron chi connectivity index (χ1n) is 17.6. The van der Waals surface area contributed by atoms with Crippen LogP contribution in [0.25, 0.3) is 76.8 Å². The van der Waals surface area contributed by atoms with Crippen molar-refractivity contribution >= 4 is 32.3 Å². The molecule has 0 aliphatic carbocycles. The standard InChI is InChI=1S/C48H42O4/c1-48(2,3)44-28-43-41(31-12-20-35(51-6)21-13-31)27-42-40(30-10-18-34(50-5)19-11-30)26-39(29-8-16-33(49-4)17-9-29)37-24-25-38(47(43)46(37)42)45(44)32-14-22-36(52-7)23-15-32/h8-28H,1-7H3. The van der Waals surface area contributed by atoms with Crippen molar-refractivity contribution in [3.63, 3.8) is 0 Å². The highest BCUT2D eigenvalue weighted by Crippen LogP contribution is 2.51. The molecule has 0 aliphatic heterocycles. The molecule has 0 spiro atoms. The number of ether oxygens (including phenoxy) is 4. The summed E-state index contributed by atoms with van der Waals surface area (Å²) in [6, 6.07) is 45.7. The molecule has 0 aromatic heterocycles. The predicted molar refractivity (Wildman–Crippen MR) is 217 cm³/mol. The SMILES string of the molecule is COc1ccc(-c2cc(-c3ccc(OC)cc3)c3cc(-c4ccc(OC)cc4)c4cc(C(C)(C)C)c(-c5ccc(OC)cc5)c5ccc2c3c45)cc1. The predicted octanol–water partition coefficient (Wildman–Crippen LogP) is 12.6. The summed E-state index contributed by atoms with van der Waals surface area (Å²) in [5.74, 6) is 3.34. The van der Waals surface area contributed by atoms with E-state index >= 15 is 0 Å². The van der Waals surface area contributed by atoms with Gasteiger partial charge in [0.1, 0.15) is 23.0 Å². The smallest absolute Gasteiger partial charge is 0.118 e. The first kappa shape index (κ1) is 33.2. The van der Waals surface area contributed by atoms with Crippen LogP contribution in [-0.4, -0.2) is 28.4 Å². The molecule has 8 rings (SSSR count). The van der Waals surface area contributed by atoms with Crippen LogP contribution in [0, 0.1) is 0 Å². The molecule has 8 aromatic rings. The van der Waals surface area contributed by atoms with Crippen molar-refractivity contribution in [1.29, 1.82) is 0 Å². The number of hydrogen-bond acceptors (Lipinski definition) is 4. The van der Waals surface area contributed by atoms with E-state index in [-0.39, 0.29) is 5.41 Å². The zero-order chi connectivity index (χ0) is 36.1. The Morgan fingerprint density at radius 2 is 0.692 bits per heavy atom. The number of benzene rings is 8. The summed E-state index contributed by atoms with van der Waals surface area (Å²) >= 11 is 0. The number of hydrogen-bond donors (Lipinski definition) is 0. The second-order valence-electron chi connectivity index (χ2n) is 14.4. The molecule has 0 saturated heterocycles. The second kappa shape index (κ2) is 13.0. The van der Waals surface area contributed by atoms with Crippen LogP contribution in [0.2, 0.25) is 0 Å². The highest BCUT2D eigenvalue weighted by Gasteiger charge is 2.27. The Morgan fingerprint density at radius 3 is 1.12 bits per heavy atom. The average molecular weight is 683 g/mol. The van der Waals surface area contributed by atoms with Gasteiger partial charge in [0.25, 0.3) is 0 Å². The van der Waals surface area contributed by atoms with E-state index in [0.29, 0.717) is 0 Å². The van der Waals surface area contributed by atoms with Gasteiger partial charge in [0.05, 0.1) is 28.4 Å². The van der Waals surface area contributed by atoms with E-state index in [1.165, 1.54) is 60.1 Å². The van der Waals surface area contributed by atoms with E-state index in [9.17, 15) is 0 Å². The Bertz CT molecular complexity index is 2530. The largest absolute Gasteiger partial charge is 0.497 e. The monoisotopic (exact) mass is 682 g/mol. The van der Waals surface area contributed by atoms with Crippen molar-refractivity contribution in [1.82, 2.24) is 0 Å². The molecule has 0 unspecified atom stereocenters. The molecule has 0 atom stereocenters. The zero-order valence-corrected chi connectivity index (χ0v) is 30.8. The molecule has 0 saturated carbocycles. The minimum absolute atomic E-state index is 0.139. The van der Waals surface area contributed by atoms with Crippen molar-refractivity contribution in [2.24, 2.45) is 0 Å². The van der Waals surface area contributed by atoms with Gasteiger partial charge in [-0.3, -0.25) is 0 Å². The molecule has 0 heterocycles. The summed E-state index contributed by atoms with van der Waals surface area (Å²) in [7, 11) is 6.84. The van der Waals surface area contributed by atoms with E-state index in [1.807, 2.05) is 24.3 Å². The van der Waals surface area contributed by atoms with Crippen LogP contribution in [0.15, 0.2) is 127 Å². The van der Waals surface area contributed by atoms with Gasteiger partial charge in [-0.1, -0.05) is 81.4 Å². The third-order valence-electron chi connectivity index (χ3n) is 10.4. The van der Waals surface area contributed by atoms with Crippen LogP contribution in [0.5, 0.6) is 23.0 Å². The molecule has 52 heavy (non-hydrogen) atoms. The molecular formula is C48H42O4. The van der Waals surface area contributed by atoms with Gasteiger partial charge in [0.2, 0.25) is 0 Å². The second-order valence-corrected chi connectivity index (χ2v) is 14.4. The highest BCUT2D eigenvalue weighted by atomic mass is 16.5. The van der Waals surface area contributed by atoms with Crippen LogP contribution >= 0.6 is 0 Å². The fourth-order valence-electron chi connectivity index (χ4n) is 7.74. The lowest BCUT2D eigenvalue weighted by Gasteiger charge is -2.28. The summed E-state index contributed by atoms with van der Waals surface area (Å²) in [4.78, 5) is 0. The van der Waals surface area contributed by atoms with E-state index in [1.54, 1.807) is 28.4 Å². The van der Waals surface area contributed by atoms with E-state index in [2.05, 4.69) is 124 Å². The molecule has 0 bridgehead atoms. The zero-order valence-electron chi connectivity index (χ0n) is 30.8. The van der Waals surface area contributed by atoms with Crippen LogP contribution in [0.3, 0.4) is 0 Å². The summed E-state index contributed by atoms with van der Waals surface area (Å²) in [5.41, 5.74) is 10.5. The first-order chi connectivity index (χ1) is 25.2. The van der Waals surface area contributed by atoms with Crippen molar-refractivity contribution in [3.8, 4) is 67.5 Å². The molecule has 4 heteroatoms. The summed E-state index contributed by atoms with van der Waals surface area (Å²) < 4.78 is 22.3. The van der Waals surface area contributed by atoms with Crippen LogP contribution in [-0.2, 0) is 5.41 Å². The minimum atomic E-state index is -0.139. The minimum Gasteiger partial charge on any atom is -0.497 e. The Labute approximate surface area is 305 Å². The van der Waals surface area contributed by atoms with Crippen LogP contribution in [0.1, 0.15) is 26.3 Å². The van der Waals surface area contributed by atoms with Crippen LogP contribution < -0.4 is 18.9 Å². The Balaban J connectivity index is 1.58. The summed E-state index contributed by atoms with van der Waals surface area (Å²) in [6.45, 7) is 6.93. The fourth-order valence-corrected chi connectivity index (χ4v) is 7.74. The molecule has 0 aliphatic rings. The van der Waals surface area contributed by atoms with Gasteiger partial charge >= 0.3 is 0 Å². The average Bonchev–Trinajstić information content (AvgIpc) is 3.19. The molecule has 4 nitrogen and oxygen atoms in total. The van der Waals surface area contributed by atoms with Crippen LogP contribution in [0.4, 0.5) is 0 Å². The third kappa shape index (κ3) is 5.56. The molecule has 8 aromatic carbocycles. The van der Waals surface area contributed by atoms with E-state index in [4.69, 9.17) is 18.9 Å². The highest BCUT2D eigenvalue weighted by molar-refractivity contribution is 6.32. The maximum Gasteiger partial charge on any atom is 0.118 e. The Kier molecular flexibility index (Phi) is 8.26.